The second kappa shape index (κ2) is 5.52. The maximum absolute atomic E-state index is 4.56. The number of thiazole rings is 1. The van der Waals surface area contributed by atoms with Gasteiger partial charge in [0.25, 0.3) is 0 Å². The van der Waals surface area contributed by atoms with E-state index in [0.29, 0.717) is 0 Å². The molecule has 1 unspecified atom stereocenters. The predicted molar refractivity (Wildman–Crippen MR) is 76.4 cm³/mol. The summed E-state index contributed by atoms with van der Waals surface area (Å²) in [5, 5.41) is 6.59. The van der Waals surface area contributed by atoms with Gasteiger partial charge in [0.2, 0.25) is 5.95 Å². The van der Waals surface area contributed by atoms with Crippen molar-refractivity contribution in [2.24, 2.45) is 0 Å². The van der Waals surface area contributed by atoms with E-state index in [1.54, 1.807) is 11.3 Å². The van der Waals surface area contributed by atoms with Gasteiger partial charge in [-0.15, -0.1) is 11.3 Å². The number of imidazole rings is 1. The Morgan fingerprint density at radius 1 is 1.33 bits per heavy atom. The number of nitrogens with zero attached hydrogens (tertiary/aromatic N) is 3. The number of aryl methyl sites for hydroxylation is 2. The molecule has 0 saturated heterocycles. The summed E-state index contributed by atoms with van der Waals surface area (Å²) in [6.45, 7) is 9.31. The van der Waals surface area contributed by atoms with E-state index in [0.717, 1.165) is 35.3 Å². The Bertz CT molecular complexity index is 515. The van der Waals surface area contributed by atoms with Gasteiger partial charge in [-0.25, -0.2) is 9.97 Å². The van der Waals surface area contributed by atoms with E-state index in [1.165, 1.54) is 0 Å². The summed E-state index contributed by atoms with van der Waals surface area (Å²) in [7, 11) is 0. The molecule has 18 heavy (non-hydrogen) atoms. The standard InChI is InChI=1S/C13H20N4S/c1-5-6-14-13-16-9(2)7-17(13)11(4)12-15-10(3)8-18-12/h7-8,11H,5-6H2,1-4H3,(H,14,16). The molecule has 2 aromatic rings. The Labute approximate surface area is 112 Å². The first-order valence-corrected chi connectivity index (χ1v) is 7.21. The first-order chi connectivity index (χ1) is 8.61. The minimum Gasteiger partial charge on any atom is -0.356 e. The van der Waals surface area contributed by atoms with E-state index in [9.17, 15) is 0 Å². The number of nitrogens with one attached hydrogen (secondary N) is 1. The van der Waals surface area contributed by atoms with Crippen molar-refractivity contribution in [3.05, 3.63) is 28.0 Å². The Morgan fingerprint density at radius 3 is 2.72 bits per heavy atom. The smallest absolute Gasteiger partial charge is 0.203 e. The van der Waals surface area contributed by atoms with Crippen molar-refractivity contribution >= 4 is 17.3 Å². The minimum atomic E-state index is 0.226. The minimum absolute atomic E-state index is 0.226. The second-order valence-electron chi connectivity index (χ2n) is 4.54. The van der Waals surface area contributed by atoms with Crippen molar-refractivity contribution in [1.29, 1.82) is 0 Å². The molecule has 98 valence electrons. The zero-order valence-electron chi connectivity index (χ0n) is 11.4. The molecule has 0 fully saturated rings. The second-order valence-corrected chi connectivity index (χ2v) is 5.43. The molecule has 0 aromatic carbocycles. The van der Waals surface area contributed by atoms with Crippen molar-refractivity contribution in [1.82, 2.24) is 14.5 Å². The molecule has 0 saturated carbocycles. The molecule has 5 heteroatoms. The van der Waals surface area contributed by atoms with Crippen LogP contribution in [-0.2, 0) is 0 Å². The van der Waals surface area contributed by atoms with Crippen LogP contribution in [-0.4, -0.2) is 21.1 Å². The van der Waals surface area contributed by atoms with Crippen molar-refractivity contribution in [3.8, 4) is 0 Å². The first kappa shape index (κ1) is 13.1. The Balaban J connectivity index is 2.26. The molecule has 2 aromatic heterocycles. The van der Waals surface area contributed by atoms with Crippen LogP contribution in [0.3, 0.4) is 0 Å². The fraction of sp³-hybridized carbons (Fsp3) is 0.538. The SMILES string of the molecule is CCCNc1nc(C)cn1C(C)c1nc(C)cs1. The van der Waals surface area contributed by atoms with E-state index < -0.39 is 0 Å². The number of rotatable bonds is 5. The molecule has 2 heterocycles. The van der Waals surface area contributed by atoms with Gasteiger partial charge >= 0.3 is 0 Å². The van der Waals surface area contributed by atoms with Crippen LogP contribution in [0.1, 0.15) is 42.7 Å². The van der Waals surface area contributed by atoms with Crippen molar-refractivity contribution in [3.63, 3.8) is 0 Å². The van der Waals surface area contributed by atoms with E-state index in [-0.39, 0.29) is 6.04 Å². The van der Waals surface area contributed by atoms with E-state index in [2.05, 4.69) is 45.3 Å². The molecule has 0 aliphatic heterocycles. The maximum atomic E-state index is 4.56. The highest BCUT2D eigenvalue weighted by molar-refractivity contribution is 7.09. The molecule has 0 bridgehead atoms. The molecule has 2 rings (SSSR count). The van der Waals surface area contributed by atoms with E-state index in [1.807, 2.05) is 13.8 Å². The molecular formula is C13H20N4S. The number of hydrogen-bond acceptors (Lipinski definition) is 4. The van der Waals surface area contributed by atoms with Crippen LogP contribution < -0.4 is 5.32 Å². The molecule has 0 amide bonds. The third-order valence-electron chi connectivity index (χ3n) is 2.80. The molecular weight excluding hydrogens is 244 g/mol. The Kier molecular flexibility index (Phi) is 4.01. The molecule has 0 radical (unpaired) electrons. The van der Waals surface area contributed by atoms with Crippen LogP contribution in [0.2, 0.25) is 0 Å². The number of anilines is 1. The van der Waals surface area contributed by atoms with Crippen molar-refractivity contribution < 1.29 is 0 Å². The number of aromatic nitrogens is 3. The highest BCUT2D eigenvalue weighted by Crippen LogP contribution is 2.25. The summed E-state index contributed by atoms with van der Waals surface area (Å²) in [6, 6.07) is 0.226. The summed E-state index contributed by atoms with van der Waals surface area (Å²) in [6.07, 6.45) is 3.18. The van der Waals surface area contributed by atoms with Gasteiger partial charge in [0.05, 0.1) is 11.7 Å². The normalized spacial score (nSPS) is 12.7. The molecule has 0 aliphatic rings. The van der Waals surface area contributed by atoms with Crippen molar-refractivity contribution in [2.45, 2.75) is 40.2 Å². The Hall–Kier alpha value is -1.36. The topological polar surface area (TPSA) is 42.7 Å². The Morgan fingerprint density at radius 2 is 2.11 bits per heavy atom. The summed E-state index contributed by atoms with van der Waals surface area (Å²) in [5.41, 5.74) is 2.12. The van der Waals surface area contributed by atoms with Gasteiger partial charge in [0.1, 0.15) is 5.01 Å². The fourth-order valence-corrected chi connectivity index (χ4v) is 2.71. The van der Waals surface area contributed by atoms with Crippen LogP contribution in [0, 0.1) is 13.8 Å². The average molecular weight is 264 g/mol. The summed E-state index contributed by atoms with van der Waals surface area (Å²) in [4.78, 5) is 9.09. The third kappa shape index (κ3) is 2.72. The van der Waals surface area contributed by atoms with Crippen LogP contribution in [0.4, 0.5) is 5.95 Å². The largest absolute Gasteiger partial charge is 0.356 e. The molecule has 1 N–H and O–H groups in total. The number of hydrogen-bond donors (Lipinski definition) is 1. The highest BCUT2D eigenvalue weighted by atomic mass is 32.1. The molecule has 0 aliphatic carbocycles. The van der Waals surface area contributed by atoms with Crippen LogP contribution in [0.5, 0.6) is 0 Å². The lowest BCUT2D eigenvalue weighted by Crippen LogP contribution is -2.12. The van der Waals surface area contributed by atoms with Crippen LogP contribution in [0.25, 0.3) is 0 Å². The molecule has 1 atom stereocenters. The lowest BCUT2D eigenvalue weighted by Gasteiger charge is -2.14. The summed E-state index contributed by atoms with van der Waals surface area (Å²) >= 11 is 1.71. The van der Waals surface area contributed by atoms with Gasteiger partial charge in [0, 0.05) is 23.8 Å². The average Bonchev–Trinajstić information content (AvgIpc) is 2.92. The maximum Gasteiger partial charge on any atom is 0.203 e. The summed E-state index contributed by atoms with van der Waals surface area (Å²) < 4.78 is 2.17. The first-order valence-electron chi connectivity index (χ1n) is 6.33. The lowest BCUT2D eigenvalue weighted by atomic mass is 10.3. The van der Waals surface area contributed by atoms with Gasteiger partial charge in [-0.2, -0.15) is 0 Å². The highest BCUT2D eigenvalue weighted by Gasteiger charge is 2.15. The monoisotopic (exact) mass is 264 g/mol. The quantitative estimate of drug-likeness (QED) is 0.900. The van der Waals surface area contributed by atoms with Crippen molar-refractivity contribution in [2.75, 3.05) is 11.9 Å². The van der Waals surface area contributed by atoms with Crippen LogP contribution >= 0.6 is 11.3 Å². The predicted octanol–water partition coefficient (Wildman–Crippen LogP) is 3.39. The molecule has 4 nitrogen and oxygen atoms in total. The third-order valence-corrected chi connectivity index (χ3v) is 3.93. The zero-order chi connectivity index (χ0) is 13.1. The molecule has 0 spiro atoms. The lowest BCUT2D eigenvalue weighted by molar-refractivity contribution is 0.636. The van der Waals surface area contributed by atoms with Gasteiger partial charge in [-0.3, -0.25) is 0 Å². The van der Waals surface area contributed by atoms with Gasteiger partial charge in [-0.05, 0) is 27.2 Å². The zero-order valence-corrected chi connectivity index (χ0v) is 12.2. The summed E-state index contributed by atoms with van der Waals surface area (Å²) in [5.74, 6) is 0.940. The van der Waals surface area contributed by atoms with E-state index in [4.69, 9.17) is 0 Å². The van der Waals surface area contributed by atoms with Gasteiger partial charge in [-0.1, -0.05) is 6.92 Å². The van der Waals surface area contributed by atoms with Gasteiger partial charge in [0.15, 0.2) is 0 Å². The van der Waals surface area contributed by atoms with Crippen LogP contribution in [0.15, 0.2) is 11.6 Å². The fourth-order valence-electron chi connectivity index (χ4n) is 1.86. The van der Waals surface area contributed by atoms with Gasteiger partial charge < -0.3 is 9.88 Å². The van der Waals surface area contributed by atoms with E-state index >= 15 is 0 Å².